The van der Waals surface area contributed by atoms with Crippen molar-refractivity contribution >= 4 is 27.8 Å². The normalized spacial score (nSPS) is 11.7. The van der Waals surface area contributed by atoms with Gasteiger partial charge in [-0.3, -0.25) is 9.38 Å². The highest BCUT2D eigenvalue weighted by Crippen LogP contribution is 2.28. The summed E-state index contributed by atoms with van der Waals surface area (Å²) in [7, 11) is 2.06. The third-order valence-electron chi connectivity index (χ3n) is 4.38. The number of nitrogens with zero attached hydrogens (tertiary/aromatic N) is 4. The van der Waals surface area contributed by atoms with Crippen LogP contribution < -0.4 is 0 Å². The number of benzene rings is 2. The van der Waals surface area contributed by atoms with Crippen molar-refractivity contribution in [3.05, 3.63) is 66.9 Å². The van der Waals surface area contributed by atoms with Crippen molar-refractivity contribution in [2.45, 2.75) is 0 Å². The van der Waals surface area contributed by atoms with Crippen LogP contribution in [0.25, 0.3) is 39.1 Å². The number of aryl methyl sites for hydroxylation is 1. The van der Waals surface area contributed by atoms with Crippen LogP contribution in [0.5, 0.6) is 0 Å². The van der Waals surface area contributed by atoms with Gasteiger partial charge in [0.25, 0.3) is 0 Å². The van der Waals surface area contributed by atoms with Gasteiger partial charge in [-0.2, -0.15) is 0 Å². The lowest BCUT2D eigenvalue weighted by atomic mass is 10.1. The molecule has 5 rings (SSSR count). The van der Waals surface area contributed by atoms with Crippen molar-refractivity contribution < 1.29 is 0 Å². The van der Waals surface area contributed by atoms with E-state index < -0.39 is 0 Å². The molecule has 0 amide bonds. The third-order valence-corrected chi connectivity index (χ3v) is 4.38. The van der Waals surface area contributed by atoms with Crippen molar-refractivity contribution in [1.82, 2.24) is 18.9 Å². The maximum absolute atomic E-state index is 4.76. The van der Waals surface area contributed by atoms with Gasteiger partial charge in [0.05, 0.1) is 27.8 Å². The Balaban J connectivity index is 1.92. The predicted octanol–water partition coefficient (Wildman–Crippen LogP) is 4.04. The van der Waals surface area contributed by atoms with Crippen LogP contribution in [0.1, 0.15) is 0 Å². The fourth-order valence-electron chi connectivity index (χ4n) is 3.26. The van der Waals surface area contributed by atoms with Crippen molar-refractivity contribution in [2.75, 3.05) is 0 Å². The molecule has 4 nitrogen and oxygen atoms in total. The van der Waals surface area contributed by atoms with Crippen LogP contribution in [0.3, 0.4) is 0 Å². The number of hydrogen-bond donors (Lipinski definition) is 0. The van der Waals surface area contributed by atoms with Gasteiger partial charge in [-0.05, 0) is 36.4 Å². The molecule has 3 aromatic heterocycles. The smallest absolute Gasteiger partial charge is 0.215 e. The Labute approximate surface area is 132 Å². The van der Waals surface area contributed by atoms with Crippen molar-refractivity contribution in [3.8, 4) is 11.3 Å². The van der Waals surface area contributed by atoms with Gasteiger partial charge in [-0.1, -0.05) is 24.3 Å². The molecule has 0 aliphatic heterocycles. The summed E-state index contributed by atoms with van der Waals surface area (Å²) < 4.78 is 4.36. The molecule has 110 valence electrons. The molecule has 0 spiro atoms. The van der Waals surface area contributed by atoms with Crippen molar-refractivity contribution in [3.63, 3.8) is 0 Å². The molecular formula is C19H14N4. The van der Waals surface area contributed by atoms with Gasteiger partial charge >= 0.3 is 0 Å². The Morgan fingerprint density at radius 2 is 1.70 bits per heavy atom. The number of imidazole rings is 2. The number of pyridine rings is 1. The molecule has 23 heavy (non-hydrogen) atoms. The Morgan fingerprint density at radius 1 is 0.826 bits per heavy atom. The van der Waals surface area contributed by atoms with E-state index in [2.05, 4.69) is 57.4 Å². The van der Waals surface area contributed by atoms with E-state index in [0.717, 1.165) is 39.1 Å². The van der Waals surface area contributed by atoms with Gasteiger partial charge < -0.3 is 4.57 Å². The number of rotatable bonds is 1. The molecule has 0 fully saturated rings. The molecule has 0 unspecified atom stereocenters. The molecule has 0 radical (unpaired) electrons. The second-order valence-electron chi connectivity index (χ2n) is 5.71. The van der Waals surface area contributed by atoms with Crippen molar-refractivity contribution in [2.24, 2.45) is 7.05 Å². The van der Waals surface area contributed by atoms with Crippen LogP contribution in [-0.2, 0) is 7.05 Å². The Bertz CT molecular complexity index is 1170. The second-order valence-corrected chi connectivity index (χ2v) is 5.71. The third kappa shape index (κ3) is 1.66. The van der Waals surface area contributed by atoms with E-state index in [1.807, 2.05) is 30.5 Å². The molecule has 4 heteroatoms. The Morgan fingerprint density at radius 3 is 2.57 bits per heavy atom. The van der Waals surface area contributed by atoms with Crippen LogP contribution in [0.2, 0.25) is 0 Å². The van der Waals surface area contributed by atoms with Gasteiger partial charge in [0.2, 0.25) is 5.78 Å². The SMILES string of the molecule is Cn1c2ccc(-c3ccccn3)cc2n2c3ccccc3nc12. The summed E-state index contributed by atoms with van der Waals surface area (Å²) in [6.07, 6.45) is 1.83. The quantitative estimate of drug-likeness (QED) is 0.468. The van der Waals surface area contributed by atoms with Crippen LogP contribution in [0.15, 0.2) is 66.9 Å². The first-order valence-electron chi connectivity index (χ1n) is 7.60. The zero-order valence-corrected chi connectivity index (χ0v) is 12.6. The van der Waals surface area contributed by atoms with Gasteiger partial charge in [0.1, 0.15) is 0 Å². The lowest BCUT2D eigenvalue weighted by Gasteiger charge is -2.02. The number of aromatic nitrogens is 4. The fourth-order valence-corrected chi connectivity index (χ4v) is 3.26. The molecule has 0 N–H and O–H groups in total. The topological polar surface area (TPSA) is 35.1 Å². The molecule has 0 aliphatic rings. The summed E-state index contributed by atoms with van der Waals surface area (Å²) in [5.41, 5.74) is 6.56. The lowest BCUT2D eigenvalue weighted by Crippen LogP contribution is -1.88. The van der Waals surface area contributed by atoms with Crippen LogP contribution in [-0.4, -0.2) is 18.9 Å². The van der Waals surface area contributed by atoms with E-state index in [1.165, 1.54) is 0 Å². The Hall–Kier alpha value is -3.14. The zero-order chi connectivity index (χ0) is 15.4. The average Bonchev–Trinajstić information content (AvgIpc) is 3.12. The highest BCUT2D eigenvalue weighted by molar-refractivity contribution is 5.92. The van der Waals surface area contributed by atoms with E-state index in [4.69, 9.17) is 4.98 Å². The zero-order valence-electron chi connectivity index (χ0n) is 12.6. The minimum absolute atomic E-state index is 0.958. The van der Waals surface area contributed by atoms with E-state index >= 15 is 0 Å². The lowest BCUT2D eigenvalue weighted by molar-refractivity contribution is 0.973. The molecule has 2 aromatic carbocycles. The predicted molar refractivity (Wildman–Crippen MR) is 92.4 cm³/mol. The van der Waals surface area contributed by atoms with Gasteiger partial charge in [0.15, 0.2) is 0 Å². The molecule has 0 saturated heterocycles. The summed E-state index contributed by atoms with van der Waals surface area (Å²) in [5.74, 6) is 0.958. The summed E-state index contributed by atoms with van der Waals surface area (Å²) in [5, 5.41) is 0. The maximum atomic E-state index is 4.76. The first kappa shape index (κ1) is 12.4. The van der Waals surface area contributed by atoms with E-state index in [1.54, 1.807) is 0 Å². The summed E-state index contributed by atoms with van der Waals surface area (Å²) >= 11 is 0. The summed E-state index contributed by atoms with van der Waals surface area (Å²) in [6.45, 7) is 0. The fraction of sp³-hybridized carbons (Fsp3) is 0.0526. The molecular weight excluding hydrogens is 284 g/mol. The van der Waals surface area contributed by atoms with Gasteiger partial charge in [0, 0.05) is 18.8 Å². The molecule has 3 heterocycles. The van der Waals surface area contributed by atoms with Crippen LogP contribution >= 0.6 is 0 Å². The van der Waals surface area contributed by atoms with E-state index in [0.29, 0.717) is 0 Å². The van der Waals surface area contributed by atoms with E-state index in [9.17, 15) is 0 Å². The molecule has 0 aliphatic carbocycles. The van der Waals surface area contributed by atoms with E-state index in [-0.39, 0.29) is 0 Å². The Kier molecular flexibility index (Phi) is 2.39. The number of hydrogen-bond acceptors (Lipinski definition) is 2. The first-order valence-corrected chi connectivity index (χ1v) is 7.60. The average molecular weight is 298 g/mol. The minimum Gasteiger partial charge on any atom is -0.313 e. The molecule has 0 bridgehead atoms. The monoisotopic (exact) mass is 298 g/mol. The largest absolute Gasteiger partial charge is 0.313 e. The van der Waals surface area contributed by atoms with Gasteiger partial charge in [-0.15, -0.1) is 0 Å². The first-order chi connectivity index (χ1) is 11.3. The van der Waals surface area contributed by atoms with Gasteiger partial charge in [-0.25, -0.2) is 4.98 Å². The highest BCUT2D eigenvalue weighted by Gasteiger charge is 2.14. The maximum Gasteiger partial charge on any atom is 0.215 e. The standard InChI is InChI=1S/C19H14N4/c1-22-17-10-9-13(14-6-4-5-11-20-14)12-18(17)23-16-8-3-2-7-15(16)21-19(22)23/h2-12H,1H3. The highest BCUT2D eigenvalue weighted by atomic mass is 15.2. The van der Waals surface area contributed by atoms with Crippen LogP contribution in [0.4, 0.5) is 0 Å². The van der Waals surface area contributed by atoms with Crippen LogP contribution in [0, 0.1) is 0 Å². The molecule has 0 saturated carbocycles. The molecule has 0 atom stereocenters. The number of fused-ring (bicyclic) bond motifs is 5. The minimum atomic E-state index is 0.958. The number of para-hydroxylation sites is 2. The van der Waals surface area contributed by atoms with Crippen molar-refractivity contribution in [1.29, 1.82) is 0 Å². The summed E-state index contributed by atoms with van der Waals surface area (Å²) in [4.78, 5) is 9.23. The molecule has 5 aromatic rings. The second kappa shape index (κ2) is 4.43. The summed E-state index contributed by atoms with van der Waals surface area (Å²) in [6, 6.07) is 20.7.